The van der Waals surface area contributed by atoms with Crippen LogP contribution < -0.4 is 4.74 Å². The molecule has 0 saturated carbocycles. The maximum atomic E-state index is 5.81. The van der Waals surface area contributed by atoms with Crippen LogP contribution in [0.15, 0.2) is 24.7 Å². The monoisotopic (exact) mass is 224 g/mol. The Bertz CT molecular complexity index is 457. The molecular weight excluding hydrogens is 216 g/mol. The summed E-state index contributed by atoms with van der Waals surface area (Å²) < 4.78 is 6.75. The number of hydrogen-bond acceptors (Lipinski definition) is 4. The Morgan fingerprint density at radius 2 is 2.40 bits per heavy atom. The van der Waals surface area contributed by atoms with Crippen molar-refractivity contribution in [3.63, 3.8) is 0 Å². The Morgan fingerprint density at radius 1 is 1.53 bits per heavy atom. The maximum absolute atomic E-state index is 5.81. The first kappa shape index (κ1) is 9.92. The molecule has 0 saturated heterocycles. The molecule has 2 aromatic rings. The molecule has 15 heavy (non-hydrogen) atoms. The summed E-state index contributed by atoms with van der Waals surface area (Å²) in [7, 11) is 1.58. The van der Waals surface area contributed by atoms with Crippen LogP contribution in [0.3, 0.4) is 0 Å². The van der Waals surface area contributed by atoms with Crippen molar-refractivity contribution in [2.75, 3.05) is 7.11 Å². The van der Waals surface area contributed by atoms with Gasteiger partial charge in [0.2, 0.25) is 11.2 Å². The third-order valence-corrected chi connectivity index (χ3v) is 2.22. The van der Waals surface area contributed by atoms with Gasteiger partial charge >= 0.3 is 0 Å². The van der Waals surface area contributed by atoms with Gasteiger partial charge in [0.1, 0.15) is 6.33 Å². The number of hydrogen-bond donors (Lipinski definition) is 0. The molecule has 0 bridgehead atoms. The van der Waals surface area contributed by atoms with E-state index in [-0.39, 0.29) is 0 Å². The van der Waals surface area contributed by atoms with Gasteiger partial charge in [-0.3, -0.25) is 4.57 Å². The van der Waals surface area contributed by atoms with Gasteiger partial charge in [-0.05, 0) is 23.2 Å². The summed E-state index contributed by atoms with van der Waals surface area (Å²) in [6.07, 6.45) is 3.27. The number of methoxy groups -OCH3 is 1. The fourth-order valence-corrected chi connectivity index (χ4v) is 1.35. The molecule has 78 valence electrons. The van der Waals surface area contributed by atoms with E-state index < -0.39 is 0 Å². The zero-order valence-electron chi connectivity index (χ0n) is 8.09. The Hall–Kier alpha value is -1.62. The SMILES string of the molecule is COc1cc(Cn2cnnc2Cl)ccn1. The minimum absolute atomic E-state index is 0.366. The van der Waals surface area contributed by atoms with Crippen LogP contribution >= 0.6 is 11.6 Å². The van der Waals surface area contributed by atoms with Crippen LogP contribution in [-0.2, 0) is 6.54 Å². The quantitative estimate of drug-likeness (QED) is 0.791. The Labute approximate surface area is 91.7 Å². The molecule has 2 heterocycles. The lowest BCUT2D eigenvalue weighted by molar-refractivity contribution is 0.397. The van der Waals surface area contributed by atoms with E-state index >= 15 is 0 Å². The largest absolute Gasteiger partial charge is 0.481 e. The normalized spacial score (nSPS) is 10.3. The molecule has 0 N–H and O–H groups in total. The Kier molecular flexibility index (Phi) is 2.82. The van der Waals surface area contributed by atoms with Crippen molar-refractivity contribution in [2.24, 2.45) is 0 Å². The molecule has 0 aliphatic heterocycles. The summed E-state index contributed by atoms with van der Waals surface area (Å²) in [5, 5.41) is 7.75. The van der Waals surface area contributed by atoms with E-state index in [4.69, 9.17) is 16.3 Å². The Balaban J connectivity index is 2.21. The fraction of sp³-hybridized carbons (Fsp3) is 0.222. The van der Waals surface area contributed by atoms with E-state index in [9.17, 15) is 0 Å². The molecular formula is C9H9ClN4O. The summed E-state index contributed by atoms with van der Waals surface area (Å²) >= 11 is 5.81. The maximum Gasteiger partial charge on any atom is 0.225 e. The van der Waals surface area contributed by atoms with Crippen LogP contribution in [0.2, 0.25) is 5.28 Å². The molecule has 0 atom stereocenters. The molecule has 2 rings (SSSR count). The van der Waals surface area contributed by atoms with Crippen molar-refractivity contribution in [1.29, 1.82) is 0 Å². The molecule has 0 radical (unpaired) electrons. The van der Waals surface area contributed by atoms with Crippen molar-refractivity contribution < 1.29 is 4.74 Å². The zero-order chi connectivity index (χ0) is 10.7. The van der Waals surface area contributed by atoms with Crippen LogP contribution in [0.25, 0.3) is 0 Å². The van der Waals surface area contributed by atoms with Crippen LogP contribution in [-0.4, -0.2) is 26.9 Å². The van der Waals surface area contributed by atoms with Crippen LogP contribution in [0.5, 0.6) is 5.88 Å². The van der Waals surface area contributed by atoms with Crippen molar-refractivity contribution in [1.82, 2.24) is 19.7 Å². The first-order valence-corrected chi connectivity index (χ1v) is 4.69. The summed E-state index contributed by atoms with van der Waals surface area (Å²) in [5.74, 6) is 0.580. The third kappa shape index (κ3) is 2.24. The highest BCUT2D eigenvalue weighted by Gasteiger charge is 2.02. The van der Waals surface area contributed by atoms with E-state index in [2.05, 4.69) is 15.2 Å². The highest BCUT2D eigenvalue weighted by molar-refractivity contribution is 6.28. The van der Waals surface area contributed by atoms with Crippen molar-refractivity contribution in [2.45, 2.75) is 6.54 Å². The van der Waals surface area contributed by atoms with Gasteiger partial charge in [0, 0.05) is 12.3 Å². The van der Waals surface area contributed by atoms with Crippen molar-refractivity contribution >= 4 is 11.6 Å². The molecule has 2 aromatic heterocycles. The summed E-state index contributed by atoms with van der Waals surface area (Å²) in [6, 6.07) is 3.73. The fourth-order valence-electron chi connectivity index (χ4n) is 1.20. The van der Waals surface area contributed by atoms with Crippen molar-refractivity contribution in [3.8, 4) is 5.88 Å². The van der Waals surface area contributed by atoms with Crippen molar-refractivity contribution in [3.05, 3.63) is 35.5 Å². The second-order valence-electron chi connectivity index (χ2n) is 2.93. The first-order chi connectivity index (χ1) is 7.29. The summed E-state index contributed by atoms with van der Waals surface area (Å²) in [5.41, 5.74) is 1.03. The number of pyridine rings is 1. The van der Waals surface area contributed by atoms with Crippen LogP contribution in [0.1, 0.15) is 5.56 Å². The van der Waals surface area contributed by atoms with Gasteiger partial charge in [-0.2, -0.15) is 0 Å². The summed E-state index contributed by atoms with van der Waals surface area (Å²) in [6.45, 7) is 0.602. The standard InChI is InChI=1S/C9H9ClN4O/c1-15-8-4-7(2-3-11-8)5-14-6-12-13-9(14)10/h2-4,6H,5H2,1H3. The molecule has 0 fully saturated rings. The van der Waals surface area contributed by atoms with Crippen LogP contribution in [0, 0.1) is 0 Å². The van der Waals surface area contributed by atoms with Gasteiger partial charge in [-0.1, -0.05) is 0 Å². The first-order valence-electron chi connectivity index (χ1n) is 4.32. The lowest BCUT2D eigenvalue weighted by atomic mass is 10.2. The van der Waals surface area contributed by atoms with Gasteiger partial charge in [-0.25, -0.2) is 4.98 Å². The third-order valence-electron chi connectivity index (χ3n) is 1.93. The Morgan fingerprint density at radius 3 is 3.07 bits per heavy atom. The zero-order valence-corrected chi connectivity index (χ0v) is 8.85. The highest BCUT2D eigenvalue weighted by Crippen LogP contribution is 2.12. The smallest absolute Gasteiger partial charge is 0.225 e. The minimum atomic E-state index is 0.366. The molecule has 0 aromatic carbocycles. The van der Waals surface area contributed by atoms with E-state index in [1.165, 1.54) is 0 Å². The highest BCUT2D eigenvalue weighted by atomic mass is 35.5. The number of nitrogens with zero attached hydrogens (tertiary/aromatic N) is 4. The second kappa shape index (κ2) is 4.27. The lowest BCUT2D eigenvalue weighted by Crippen LogP contribution is -1.99. The van der Waals surface area contributed by atoms with Gasteiger partial charge in [0.25, 0.3) is 0 Å². The number of aromatic nitrogens is 4. The average Bonchev–Trinajstić information content (AvgIpc) is 2.65. The second-order valence-corrected chi connectivity index (χ2v) is 3.27. The van der Waals surface area contributed by atoms with E-state index in [1.54, 1.807) is 24.2 Å². The number of halogens is 1. The number of rotatable bonds is 3. The molecule has 0 amide bonds. The predicted octanol–water partition coefficient (Wildman–Crippen LogP) is 1.38. The van der Waals surface area contributed by atoms with Crippen LogP contribution in [0.4, 0.5) is 0 Å². The molecule has 0 aliphatic rings. The van der Waals surface area contributed by atoms with E-state index in [0.717, 1.165) is 5.56 Å². The minimum Gasteiger partial charge on any atom is -0.481 e. The van der Waals surface area contributed by atoms with Gasteiger partial charge in [-0.15, -0.1) is 10.2 Å². The average molecular weight is 225 g/mol. The topological polar surface area (TPSA) is 52.8 Å². The van der Waals surface area contributed by atoms with E-state index in [0.29, 0.717) is 17.7 Å². The predicted molar refractivity (Wildman–Crippen MR) is 54.9 cm³/mol. The van der Waals surface area contributed by atoms with E-state index in [1.807, 2.05) is 12.1 Å². The van der Waals surface area contributed by atoms with Gasteiger partial charge < -0.3 is 4.74 Å². The molecule has 5 nitrogen and oxygen atoms in total. The molecule has 0 unspecified atom stereocenters. The lowest BCUT2D eigenvalue weighted by Gasteiger charge is -2.04. The molecule has 0 aliphatic carbocycles. The summed E-state index contributed by atoms with van der Waals surface area (Å²) in [4.78, 5) is 4.01. The molecule has 0 spiro atoms. The number of ether oxygens (including phenoxy) is 1. The molecule has 6 heteroatoms. The van der Waals surface area contributed by atoms with Gasteiger partial charge in [0.05, 0.1) is 13.7 Å². The van der Waals surface area contributed by atoms with Gasteiger partial charge in [0.15, 0.2) is 0 Å².